The van der Waals surface area contributed by atoms with E-state index >= 15 is 0 Å². The number of likely N-dealkylation sites (tertiary alicyclic amines) is 1. The summed E-state index contributed by atoms with van der Waals surface area (Å²) in [6.07, 6.45) is 1.28. The Morgan fingerprint density at radius 1 is 1.20 bits per heavy atom. The van der Waals surface area contributed by atoms with E-state index in [0.717, 1.165) is 11.1 Å². The standard InChI is InChI=1S/C29H48N6O6/c1-11-20(37)35(14-17-12-13-19(36)30-17)33-24(38)23-21-18(29(21,9)10)15-34(23)25(39)22(16(2)41-28(6,7)8)31-26(40)32-27(3,4)5/h11,16-18,21-23H,1,12-15H2,2-10H3,(H,30,36)(H,33,38)(H2,31,32,40)/t16?,17-,18-,21-,22?,23-/m0/s1. The SMILES string of the molecule is C=CC(=O)N(C[C@@H]1CCC(=O)N1)NC(=O)[C@@H]1[C@@H]2[C@H](CN1C(=O)C(NC(=O)NC(C)(C)C)C(C)OC(C)(C)C)C2(C)C. The van der Waals surface area contributed by atoms with Crippen LogP contribution in [-0.2, 0) is 23.9 Å². The third kappa shape index (κ3) is 7.78. The highest BCUT2D eigenvalue weighted by molar-refractivity contribution is 5.95. The zero-order chi connectivity index (χ0) is 31.1. The van der Waals surface area contributed by atoms with Crippen molar-refractivity contribution in [1.29, 1.82) is 0 Å². The molecule has 0 spiro atoms. The van der Waals surface area contributed by atoms with Gasteiger partial charge in [-0.05, 0) is 78.2 Å². The number of amides is 6. The lowest BCUT2D eigenvalue weighted by Gasteiger charge is -2.37. The van der Waals surface area contributed by atoms with Gasteiger partial charge in [0.25, 0.3) is 11.8 Å². The second kappa shape index (κ2) is 11.6. The van der Waals surface area contributed by atoms with E-state index in [1.807, 2.05) is 41.5 Å². The monoisotopic (exact) mass is 576 g/mol. The Kier molecular flexibility index (Phi) is 9.17. The van der Waals surface area contributed by atoms with E-state index in [2.05, 4.69) is 41.8 Å². The van der Waals surface area contributed by atoms with Gasteiger partial charge in [0.05, 0.1) is 18.2 Å². The molecule has 4 N–H and O–H groups in total. The zero-order valence-corrected chi connectivity index (χ0v) is 25.9. The summed E-state index contributed by atoms with van der Waals surface area (Å²) in [5, 5.41) is 9.56. The van der Waals surface area contributed by atoms with Crippen LogP contribution in [0.4, 0.5) is 4.79 Å². The van der Waals surface area contributed by atoms with Gasteiger partial charge in [-0.3, -0.25) is 24.6 Å². The number of nitrogens with zero attached hydrogens (tertiary/aromatic N) is 2. The Bertz CT molecular complexity index is 1080. The van der Waals surface area contributed by atoms with Gasteiger partial charge in [0, 0.05) is 24.5 Å². The first-order chi connectivity index (χ1) is 18.7. The predicted octanol–water partition coefficient (Wildman–Crippen LogP) is 1.46. The van der Waals surface area contributed by atoms with Gasteiger partial charge in [0.1, 0.15) is 12.1 Å². The van der Waals surface area contributed by atoms with Crippen LogP contribution in [0.15, 0.2) is 12.7 Å². The molecule has 3 rings (SSSR count). The Hall–Kier alpha value is -3.15. The molecule has 41 heavy (non-hydrogen) atoms. The lowest BCUT2D eigenvalue weighted by Crippen LogP contribution is -2.63. The summed E-state index contributed by atoms with van der Waals surface area (Å²) in [4.78, 5) is 66.7. The van der Waals surface area contributed by atoms with Crippen molar-refractivity contribution in [2.24, 2.45) is 17.3 Å². The number of fused-ring (bicyclic) bond motifs is 1. The van der Waals surface area contributed by atoms with Gasteiger partial charge in [0.15, 0.2) is 0 Å². The van der Waals surface area contributed by atoms with Crippen molar-refractivity contribution < 1.29 is 28.7 Å². The maximum Gasteiger partial charge on any atom is 0.315 e. The largest absolute Gasteiger partial charge is 0.370 e. The van der Waals surface area contributed by atoms with Crippen LogP contribution in [-0.4, -0.2) is 88.0 Å². The lowest BCUT2D eigenvalue weighted by molar-refractivity contribution is -0.150. The van der Waals surface area contributed by atoms with Crippen molar-refractivity contribution in [3.63, 3.8) is 0 Å². The minimum Gasteiger partial charge on any atom is -0.370 e. The molecule has 2 heterocycles. The van der Waals surface area contributed by atoms with E-state index in [4.69, 9.17) is 4.74 Å². The summed E-state index contributed by atoms with van der Waals surface area (Å²) < 4.78 is 6.09. The van der Waals surface area contributed by atoms with Gasteiger partial charge in [0.2, 0.25) is 11.8 Å². The highest BCUT2D eigenvalue weighted by atomic mass is 16.5. The molecule has 0 aromatic heterocycles. The minimum atomic E-state index is -1.06. The summed E-state index contributed by atoms with van der Waals surface area (Å²) >= 11 is 0. The molecule has 1 aliphatic carbocycles. The molecule has 2 aliphatic heterocycles. The molecule has 6 atom stereocenters. The number of hydrogen-bond donors (Lipinski definition) is 4. The first-order valence-electron chi connectivity index (χ1n) is 14.4. The van der Waals surface area contributed by atoms with E-state index in [1.54, 1.807) is 6.92 Å². The fourth-order valence-electron chi connectivity index (χ4n) is 6.05. The summed E-state index contributed by atoms with van der Waals surface area (Å²) in [7, 11) is 0. The average Bonchev–Trinajstić information content (AvgIpc) is 3.17. The van der Waals surface area contributed by atoms with Crippen molar-refractivity contribution in [2.45, 2.75) is 111 Å². The number of nitrogens with one attached hydrogen (secondary N) is 4. The van der Waals surface area contributed by atoms with E-state index in [0.29, 0.717) is 19.4 Å². The van der Waals surface area contributed by atoms with Crippen LogP contribution in [0, 0.1) is 17.3 Å². The number of ether oxygens (including phenoxy) is 1. The van der Waals surface area contributed by atoms with Crippen molar-refractivity contribution in [3.8, 4) is 0 Å². The van der Waals surface area contributed by atoms with Crippen LogP contribution in [0.3, 0.4) is 0 Å². The van der Waals surface area contributed by atoms with Crippen LogP contribution in [0.25, 0.3) is 0 Å². The molecule has 2 unspecified atom stereocenters. The molecular formula is C29H48N6O6. The molecule has 12 heteroatoms. The van der Waals surface area contributed by atoms with Crippen molar-refractivity contribution in [2.75, 3.05) is 13.1 Å². The van der Waals surface area contributed by atoms with Crippen LogP contribution < -0.4 is 21.4 Å². The second-order valence-corrected chi connectivity index (χ2v) is 14.1. The smallest absolute Gasteiger partial charge is 0.315 e. The van der Waals surface area contributed by atoms with Crippen LogP contribution in [0.5, 0.6) is 0 Å². The van der Waals surface area contributed by atoms with Crippen molar-refractivity contribution in [3.05, 3.63) is 12.7 Å². The fourth-order valence-corrected chi connectivity index (χ4v) is 6.05. The number of carbonyl (C=O) groups excluding carboxylic acids is 5. The number of rotatable bonds is 8. The van der Waals surface area contributed by atoms with E-state index < -0.39 is 53.1 Å². The Labute approximate surface area is 243 Å². The Morgan fingerprint density at radius 3 is 2.34 bits per heavy atom. The second-order valence-electron chi connectivity index (χ2n) is 14.1. The molecule has 0 aromatic rings. The van der Waals surface area contributed by atoms with Gasteiger partial charge in [-0.25, -0.2) is 9.80 Å². The molecule has 3 aliphatic rings. The Balaban J connectivity index is 1.86. The molecule has 230 valence electrons. The summed E-state index contributed by atoms with van der Waals surface area (Å²) in [5.74, 6) is -1.60. The van der Waals surface area contributed by atoms with Crippen molar-refractivity contribution >= 4 is 29.7 Å². The lowest BCUT2D eigenvalue weighted by atomic mass is 9.99. The van der Waals surface area contributed by atoms with Crippen molar-refractivity contribution in [1.82, 2.24) is 31.3 Å². The molecule has 6 amide bonds. The van der Waals surface area contributed by atoms with E-state index in [9.17, 15) is 24.0 Å². The molecule has 2 saturated heterocycles. The van der Waals surface area contributed by atoms with Gasteiger partial charge in [-0.2, -0.15) is 0 Å². The maximum absolute atomic E-state index is 14.1. The number of carbonyl (C=O) groups is 5. The third-order valence-electron chi connectivity index (χ3n) is 7.98. The first kappa shape index (κ1) is 32.4. The van der Waals surface area contributed by atoms with Crippen LogP contribution in [0.2, 0.25) is 0 Å². The number of hydrazine groups is 1. The quantitative estimate of drug-likeness (QED) is 0.254. The van der Waals surface area contributed by atoms with Crippen LogP contribution in [0.1, 0.15) is 75.2 Å². The number of piperidine rings is 1. The van der Waals surface area contributed by atoms with Gasteiger partial charge >= 0.3 is 6.03 Å². The van der Waals surface area contributed by atoms with Gasteiger partial charge in [-0.1, -0.05) is 20.4 Å². The van der Waals surface area contributed by atoms with E-state index in [1.165, 1.54) is 4.90 Å². The predicted molar refractivity (Wildman–Crippen MR) is 153 cm³/mol. The third-order valence-corrected chi connectivity index (χ3v) is 7.98. The topological polar surface area (TPSA) is 149 Å². The minimum absolute atomic E-state index is 0.0775. The van der Waals surface area contributed by atoms with Gasteiger partial charge < -0.3 is 25.6 Å². The summed E-state index contributed by atoms with van der Waals surface area (Å²) in [5.41, 5.74) is 1.41. The molecular weight excluding hydrogens is 528 g/mol. The molecule has 0 bridgehead atoms. The molecule has 3 fully saturated rings. The normalized spacial score (nSPS) is 26.3. The maximum atomic E-state index is 14.1. The molecule has 0 radical (unpaired) electrons. The van der Waals surface area contributed by atoms with Gasteiger partial charge in [-0.15, -0.1) is 0 Å². The first-order valence-corrected chi connectivity index (χ1v) is 14.4. The fraction of sp³-hybridized carbons (Fsp3) is 0.759. The van der Waals surface area contributed by atoms with Crippen LogP contribution >= 0.6 is 0 Å². The average molecular weight is 577 g/mol. The number of hydrogen-bond acceptors (Lipinski definition) is 6. The zero-order valence-electron chi connectivity index (χ0n) is 25.9. The number of urea groups is 1. The van der Waals surface area contributed by atoms with E-state index in [-0.39, 0.29) is 35.7 Å². The summed E-state index contributed by atoms with van der Waals surface area (Å²) in [6.45, 7) is 20.9. The molecule has 1 saturated carbocycles. The Morgan fingerprint density at radius 2 is 1.83 bits per heavy atom. The highest BCUT2D eigenvalue weighted by Crippen LogP contribution is 2.64. The molecule has 12 nitrogen and oxygen atoms in total. The summed E-state index contributed by atoms with van der Waals surface area (Å²) in [6, 6.07) is -2.75. The highest BCUT2D eigenvalue weighted by Gasteiger charge is 2.69. The molecule has 0 aromatic carbocycles.